The third-order valence-electron chi connectivity index (χ3n) is 5.01. The van der Waals surface area contributed by atoms with Crippen LogP contribution in [0.25, 0.3) is 0 Å². The number of carbonyl (C=O) groups excluding carboxylic acids is 1. The number of benzene rings is 1. The zero-order valence-corrected chi connectivity index (χ0v) is 14.7. The maximum absolute atomic E-state index is 12.5. The van der Waals surface area contributed by atoms with Crippen LogP contribution in [0.2, 0.25) is 0 Å². The fraction of sp³-hybridized carbons (Fsp3) is 0.632. The van der Waals surface area contributed by atoms with E-state index in [2.05, 4.69) is 30.1 Å². The summed E-state index contributed by atoms with van der Waals surface area (Å²) in [5.41, 5.74) is 8.02. The Morgan fingerprint density at radius 3 is 2.62 bits per heavy atom. The van der Waals surface area contributed by atoms with Gasteiger partial charge in [0.15, 0.2) is 0 Å². The molecule has 0 aromatic heterocycles. The van der Waals surface area contributed by atoms with E-state index in [0.717, 1.165) is 50.1 Å². The SMILES string of the molecule is CC1CN(Cc2ccccc2NC(=O)C2CCC(N)C2)CC(C)O1. The number of morpholine rings is 1. The van der Waals surface area contributed by atoms with Crippen LogP contribution in [0.15, 0.2) is 24.3 Å². The van der Waals surface area contributed by atoms with Crippen LogP contribution in [0.1, 0.15) is 38.7 Å². The van der Waals surface area contributed by atoms with E-state index in [-0.39, 0.29) is 30.1 Å². The van der Waals surface area contributed by atoms with Gasteiger partial charge in [-0.3, -0.25) is 9.69 Å². The Morgan fingerprint density at radius 2 is 1.96 bits per heavy atom. The van der Waals surface area contributed by atoms with E-state index in [1.807, 2.05) is 18.2 Å². The Labute approximate surface area is 144 Å². The van der Waals surface area contributed by atoms with Crippen LogP contribution in [0.3, 0.4) is 0 Å². The van der Waals surface area contributed by atoms with Crippen molar-refractivity contribution in [1.29, 1.82) is 0 Å². The molecule has 24 heavy (non-hydrogen) atoms. The Morgan fingerprint density at radius 1 is 1.25 bits per heavy atom. The molecule has 1 aliphatic heterocycles. The lowest BCUT2D eigenvalue weighted by Crippen LogP contribution is -2.44. The molecule has 4 unspecified atom stereocenters. The highest BCUT2D eigenvalue weighted by Crippen LogP contribution is 2.27. The van der Waals surface area contributed by atoms with Crippen molar-refractivity contribution >= 4 is 11.6 Å². The molecule has 2 aliphatic rings. The molecule has 3 N–H and O–H groups in total. The van der Waals surface area contributed by atoms with Crippen LogP contribution in [-0.2, 0) is 16.1 Å². The van der Waals surface area contributed by atoms with Crippen molar-refractivity contribution in [1.82, 2.24) is 4.90 Å². The first-order valence-corrected chi connectivity index (χ1v) is 9.03. The Balaban J connectivity index is 1.65. The van der Waals surface area contributed by atoms with Crippen molar-refractivity contribution in [3.8, 4) is 0 Å². The highest BCUT2D eigenvalue weighted by Gasteiger charge is 2.28. The molecular formula is C19H29N3O2. The first kappa shape index (κ1) is 17.4. The van der Waals surface area contributed by atoms with Gasteiger partial charge in [-0.1, -0.05) is 18.2 Å². The summed E-state index contributed by atoms with van der Waals surface area (Å²) in [6.45, 7) is 6.90. The van der Waals surface area contributed by atoms with Crippen molar-refractivity contribution in [3.05, 3.63) is 29.8 Å². The monoisotopic (exact) mass is 331 g/mol. The smallest absolute Gasteiger partial charge is 0.227 e. The van der Waals surface area contributed by atoms with Crippen LogP contribution in [0, 0.1) is 5.92 Å². The van der Waals surface area contributed by atoms with E-state index in [1.165, 1.54) is 0 Å². The van der Waals surface area contributed by atoms with Gasteiger partial charge in [-0.25, -0.2) is 0 Å². The van der Waals surface area contributed by atoms with Gasteiger partial charge in [0.2, 0.25) is 5.91 Å². The number of carbonyl (C=O) groups is 1. The number of nitrogens with zero attached hydrogens (tertiary/aromatic N) is 1. The molecule has 1 aromatic carbocycles. The largest absolute Gasteiger partial charge is 0.373 e. The molecule has 1 saturated carbocycles. The summed E-state index contributed by atoms with van der Waals surface area (Å²) in [7, 11) is 0. The molecule has 1 amide bonds. The minimum absolute atomic E-state index is 0.0523. The minimum atomic E-state index is 0.0523. The van der Waals surface area contributed by atoms with E-state index in [1.54, 1.807) is 0 Å². The molecule has 1 saturated heterocycles. The second kappa shape index (κ2) is 7.64. The summed E-state index contributed by atoms with van der Waals surface area (Å²) < 4.78 is 5.80. The molecule has 2 fully saturated rings. The normalized spacial score (nSPS) is 31.1. The Hall–Kier alpha value is -1.43. The van der Waals surface area contributed by atoms with Gasteiger partial charge >= 0.3 is 0 Å². The van der Waals surface area contributed by atoms with Crippen molar-refractivity contribution < 1.29 is 9.53 Å². The van der Waals surface area contributed by atoms with Crippen molar-refractivity contribution in [2.24, 2.45) is 11.7 Å². The summed E-state index contributed by atoms with van der Waals surface area (Å²) in [5, 5.41) is 3.13. The van der Waals surface area contributed by atoms with Crippen LogP contribution in [-0.4, -0.2) is 42.1 Å². The lowest BCUT2D eigenvalue weighted by Gasteiger charge is -2.35. The zero-order chi connectivity index (χ0) is 17.1. The lowest BCUT2D eigenvalue weighted by molar-refractivity contribution is -0.119. The predicted molar refractivity (Wildman–Crippen MR) is 95.7 cm³/mol. The number of para-hydroxylation sites is 1. The molecule has 5 heteroatoms. The molecule has 0 bridgehead atoms. The molecule has 0 radical (unpaired) electrons. The lowest BCUT2D eigenvalue weighted by atomic mass is 10.1. The Bertz CT molecular complexity index is 567. The minimum Gasteiger partial charge on any atom is -0.373 e. The van der Waals surface area contributed by atoms with Gasteiger partial charge in [-0.05, 0) is 44.7 Å². The number of nitrogens with two attached hydrogens (primary N) is 1. The molecular weight excluding hydrogens is 302 g/mol. The molecule has 132 valence electrons. The van der Waals surface area contributed by atoms with Gasteiger partial charge in [0.05, 0.1) is 12.2 Å². The van der Waals surface area contributed by atoms with Gasteiger partial charge in [0, 0.05) is 37.3 Å². The molecule has 5 nitrogen and oxygen atoms in total. The zero-order valence-electron chi connectivity index (χ0n) is 14.7. The fourth-order valence-corrected chi connectivity index (χ4v) is 3.92. The van der Waals surface area contributed by atoms with Gasteiger partial charge in [0.25, 0.3) is 0 Å². The van der Waals surface area contributed by atoms with E-state index >= 15 is 0 Å². The highest BCUT2D eigenvalue weighted by atomic mass is 16.5. The average Bonchev–Trinajstić information content (AvgIpc) is 2.95. The van der Waals surface area contributed by atoms with Crippen LogP contribution in [0.5, 0.6) is 0 Å². The fourth-order valence-electron chi connectivity index (χ4n) is 3.92. The van der Waals surface area contributed by atoms with E-state index in [0.29, 0.717) is 0 Å². The van der Waals surface area contributed by atoms with E-state index < -0.39 is 0 Å². The third kappa shape index (κ3) is 4.35. The van der Waals surface area contributed by atoms with E-state index in [4.69, 9.17) is 10.5 Å². The van der Waals surface area contributed by atoms with Gasteiger partial charge in [-0.15, -0.1) is 0 Å². The summed E-state index contributed by atoms with van der Waals surface area (Å²) in [6, 6.07) is 8.27. The van der Waals surface area contributed by atoms with Crippen LogP contribution in [0.4, 0.5) is 5.69 Å². The first-order valence-electron chi connectivity index (χ1n) is 9.03. The molecule has 4 atom stereocenters. The molecule has 3 rings (SSSR count). The molecule has 1 aromatic rings. The number of nitrogens with one attached hydrogen (secondary N) is 1. The third-order valence-corrected chi connectivity index (χ3v) is 5.01. The van der Waals surface area contributed by atoms with Crippen molar-refractivity contribution in [2.75, 3.05) is 18.4 Å². The maximum Gasteiger partial charge on any atom is 0.227 e. The van der Waals surface area contributed by atoms with Crippen molar-refractivity contribution in [3.63, 3.8) is 0 Å². The summed E-state index contributed by atoms with van der Waals surface area (Å²) in [6.07, 6.45) is 3.13. The molecule has 1 heterocycles. The molecule has 0 spiro atoms. The topological polar surface area (TPSA) is 67.6 Å². The van der Waals surface area contributed by atoms with Gasteiger partial charge < -0.3 is 15.8 Å². The predicted octanol–water partition coefficient (Wildman–Crippen LogP) is 2.36. The standard InChI is InChI=1S/C19H29N3O2/c1-13-10-22(11-14(2)24-13)12-16-5-3-4-6-18(16)21-19(23)15-7-8-17(20)9-15/h3-6,13-15,17H,7-12,20H2,1-2H3,(H,21,23). The number of rotatable bonds is 4. The number of amides is 1. The second-order valence-corrected chi connectivity index (χ2v) is 7.37. The highest BCUT2D eigenvalue weighted by molar-refractivity contribution is 5.93. The van der Waals surface area contributed by atoms with Gasteiger partial charge in [0.1, 0.15) is 0 Å². The number of hydrogen-bond donors (Lipinski definition) is 2. The number of ether oxygens (including phenoxy) is 1. The number of anilines is 1. The van der Waals surface area contributed by atoms with E-state index in [9.17, 15) is 4.79 Å². The summed E-state index contributed by atoms with van der Waals surface area (Å²) in [5.74, 6) is 0.163. The second-order valence-electron chi connectivity index (χ2n) is 7.37. The summed E-state index contributed by atoms with van der Waals surface area (Å²) in [4.78, 5) is 14.9. The van der Waals surface area contributed by atoms with Crippen LogP contribution >= 0.6 is 0 Å². The summed E-state index contributed by atoms with van der Waals surface area (Å²) >= 11 is 0. The maximum atomic E-state index is 12.5. The first-order chi connectivity index (χ1) is 11.5. The Kier molecular flexibility index (Phi) is 5.54. The quantitative estimate of drug-likeness (QED) is 0.889. The average molecular weight is 331 g/mol. The van der Waals surface area contributed by atoms with Gasteiger partial charge in [-0.2, -0.15) is 0 Å². The van der Waals surface area contributed by atoms with Crippen LogP contribution < -0.4 is 11.1 Å². The number of hydrogen-bond acceptors (Lipinski definition) is 4. The molecule has 1 aliphatic carbocycles. The van der Waals surface area contributed by atoms with Crippen molar-refractivity contribution in [2.45, 2.75) is 57.9 Å².